The number of methoxy groups -OCH3 is 4. The molecule has 0 bridgehead atoms. The number of ether oxygens (including phenoxy) is 4. The van der Waals surface area contributed by atoms with E-state index in [4.69, 9.17) is 18.9 Å². The highest BCUT2D eigenvalue weighted by molar-refractivity contribution is 6.04. The highest BCUT2D eigenvalue weighted by Crippen LogP contribution is 2.51. The third-order valence-electron chi connectivity index (χ3n) is 5.69. The molecule has 1 heterocycles. The van der Waals surface area contributed by atoms with E-state index < -0.39 is 11.9 Å². The lowest BCUT2D eigenvalue weighted by Crippen LogP contribution is -2.38. The first-order chi connectivity index (χ1) is 14.2. The van der Waals surface area contributed by atoms with Crippen LogP contribution in [0.4, 0.5) is 0 Å². The van der Waals surface area contributed by atoms with Crippen LogP contribution in [0.25, 0.3) is 0 Å². The number of nitrogens with one attached hydrogen (secondary N) is 1. The number of rotatable bonds is 5. The summed E-state index contributed by atoms with van der Waals surface area (Å²) in [6, 6.07) is 3.56. The van der Waals surface area contributed by atoms with Crippen molar-refractivity contribution in [3.63, 3.8) is 0 Å². The largest absolute Gasteiger partial charge is 0.493 e. The first kappa shape index (κ1) is 21.7. The van der Waals surface area contributed by atoms with Crippen LogP contribution in [0.5, 0.6) is 17.2 Å². The molecular weight excluding hydrogens is 386 g/mol. The van der Waals surface area contributed by atoms with Gasteiger partial charge in [-0.15, -0.1) is 0 Å². The van der Waals surface area contributed by atoms with Gasteiger partial charge in [0.2, 0.25) is 5.75 Å². The Kier molecular flexibility index (Phi) is 5.83. The summed E-state index contributed by atoms with van der Waals surface area (Å²) in [7, 11) is 5.92. The molecule has 162 valence electrons. The van der Waals surface area contributed by atoms with Crippen LogP contribution in [0.3, 0.4) is 0 Å². The van der Waals surface area contributed by atoms with Crippen molar-refractivity contribution in [3.8, 4) is 17.2 Å². The van der Waals surface area contributed by atoms with Crippen molar-refractivity contribution < 1.29 is 28.5 Å². The molecule has 3 rings (SSSR count). The molecule has 0 spiro atoms. The number of Topliss-reactive ketones (excluding diaryl/α,β-unsaturated/α-hetero) is 1. The Bertz CT molecular complexity index is 957. The van der Waals surface area contributed by atoms with E-state index in [2.05, 4.69) is 19.2 Å². The molecule has 1 aliphatic heterocycles. The van der Waals surface area contributed by atoms with Crippen molar-refractivity contribution in [1.82, 2.24) is 5.32 Å². The summed E-state index contributed by atoms with van der Waals surface area (Å²) in [5.74, 6) is 0.200. The number of ketones is 1. The van der Waals surface area contributed by atoms with Gasteiger partial charge >= 0.3 is 5.97 Å². The molecule has 30 heavy (non-hydrogen) atoms. The van der Waals surface area contributed by atoms with E-state index in [1.807, 2.05) is 13.0 Å². The molecule has 0 saturated heterocycles. The minimum atomic E-state index is -0.632. The smallest absolute Gasteiger partial charge is 0.336 e. The molecular formula is C23H29NO6. The molecule has 7 heteroatoms. The Morgan fingerprint density at radius 3 is 2.27 bits per heavy atom. The van der Waals surface area contributed by atoms with Gasteiger partial charge in [0.15, 0.2) is 17.3 Å². The van der Waals surface area contributed by atoms with Crippen LogP contribution in [0.15, 0.2) is 34.7 Å². The Labute approximate surface area is 177 Å². The monoisotopic (exact) mass is 415 g/mol. The van der Waals surface area contributed by atoms with Crippen molar-refractivity contribution >= 4 is 11.8 Å². The number of hydrogen-bond acceptors (Lipinski definition) is 7. The molecule has 1 aliphatic carbocycles. The van der Waals surface area contributed by atoms with Gasteiger partial charge in [0.05, 0.1) is 39.9 Å². The van der Waals surface area contributed by atoms with E-state index in [1.165, 1.54) is 21.3 Å². The van der Waals surface area contributed by atoms with Crippen LogP contribution in [0, 0.1) is 5.41 Å². The highest BCUT2D eigenvalue weighted by Gasteiger charge is 2.44. The fourth-order valence-corrected chi connectivity index (χ4v) is 4.48. The molecule has 0 aromatic heterocycles. The van der Waals surface area contributed by atoms with Crippen molar-refractivity contribution in [3.05, 3.63) is 40.2 Å². The van der Waals surface area contributed by atoms with E-state index in [-0.39, 0.29) is 11.2 Å². The fraction of sp³-hybridized carbons (Fsp3) is 0.478. The van der Waals surface area contributed by atoms with Crippen molar-refractivity contribution in [2.75, 3.05) is 28.4 Å². The Morgan fingerprint density at radius 2 is 1.70 bits per heavy atom. The predicted molar refractivity (Wildman–Crippen MR) is 112 cm³/mol. The average molecular weight is 415 g/mol. The minimum absolute atomic E-state index is 0.00416. The molecule has 1 aromatic rings. The van der Waals surface area contributed by atoms with Gasteiger partial charge in [-0.1, -0.05) is 19.9 Å². The molecule has 1 N–H and O–H groups in total. The summed E-state index contributed by atoms with van der Waals surface area (Å²) in [5.41, 5.74) is 2.94. The van der Waals surface area contributed by atoms with Crippen molar-refractivity contribution in [2.45, 2.75) is 39.5 Å². The standard InChI is InChI=1S/C23H29NO6/c1-12-17(22(26)30-7)18(19-14(24-12)10-23(2,3)11-15(19)25)13-8-9-16(27-4)21(29-6)20(13)28-5/h8-9,18,24H,10-11H2,1-7H3/t18-/m1/s1. The summed E-state index contributed by atoms with van der Waals surface area (Å²) in [6.07, 6.45) is 1.10. The molecule has 7 nitrogen and oxygen atoms in total. The van der Waals surface area contributed by atoms with Crippen molar-refractivity contribution in [1.29, 1.82) is 0 Å². The predicted octanol–water partition coefficient (Wildman–Crippen LogP) is 3.49. The first-order valence-electron chi connectivity index (χ1n) is 9.80. The highest BCUT2D eigenvalue weighted by atomic mass is 16.5. The maximum absolute atomic E-state index is 13.3. The second-order valence-corrected chi connectivity index (χ2v) is 8.34. The summed E-state index contributed by atoms with van der Waals surface area (Å²) in [5, 5.41) is 3.30. The topological polar surface area (TPSA) is 83.1 Å². The zero-order valence-corrected chi connectivity index (χ0v) is 18.6. The third-order valence-corrected chi connectivity index (χ3v) is 5.69. The van der Waals surface area contributed by atoms with Gasteiger partial charge in [-0.2, -0.15) is 0 Å². The molecule has 1 aromatic carbocycles. The maximum atomic E-state index is 13.3. The summed E-state index contributed by atoms with van der Waals surface area (Å²) in [6.45, 7) is 5.96. The lowest BCUT2D eigenvalue weighted by Gasteiger charge is -2.39. The number of carbonyl (C=O) groups is 2. The van der Waals surface area contributed by atoms with Crippen LogP contribution in [-0.2, 0) is 14.3 Å². The lowest BCUT2D eigenvalue weighted by atomic mass is 9.68. The van der Waals surface area contributed by atoms with E-state index in [1.54, 1.807) is 13.2 Å². The van der Waals surface area contributed by atoms with Crippen LogP contribution in [0.2, 0.25) is 0 Å². The average Bonchev–Trinajstić information content (AvgIpc) is 2.69. The van der Waals surface area contributed by atoms with Gasteiger partial charge in [-0.3, -0.25) is 4.79 Å². The molecule has 0 fully saturated rings. The van der Waals surface area contributed by atoms with Gasteiger partial charge in [0.1, 0.15) is 0 Å². The Balaban J connectivity index is 2.32. The van der Waals surface area contributed by atoms with E-state index in [9.17, 15) is 9.59 Å². The minimum Gasteiger partial charge on any atom is -0.493 e. The fourth-order valence-electron chi connectivity index (χ4n) is 4.48. The molecule has 1 atom stereocenters. The number of hydrogen-bond donors (Lipinski definition) is 1. The number of allylic oxidation sites excluding steroid dienone is 3. The third kappa shape index (κ3) is 3.53. The molecule has 0 unspecified atom stereocenters. The summed E-state index contributed by atoms with van der Waals surface area (Å²) >= 11 is 0. The molecule has 0 saturated carbocycles. The van der Waals surface area contributed by atoms with Gasteiger partial charge in [-0.25, -0.2) is 4.79 Å². The normalized spacial score (nSPS) is 20.4. The van der Waals surface area contributed by atoms with Gasteiger partial charge < -0.3 is 24.3 Å². The number of dihydropyridines is 1. The number of benzene rings is 1. The van der Waals surface area contributed by atoms with Crippen LogP contribution in [0.1, 0.15) is 45.1 Å². The number of carbonyl (C=O) groups excluding carboxylic acids is 2. The first-order valence-corrected chi connectivity index (χ1v) is 9.80. The Hall–Kier alpha value is -2.96. The zero-order chi connectivity index (χ0) is 22.2. The molecule has 2 aliphatic rings. The summed E-state index contributed by atoms with van der Waals surface area (Å²) in [4.78, 5) is 26.1. The Morgan fingerprint density at radius 1 is 1.03 bits per heavy atom. The summed E-state index contributed by atoms with van der Waals surface area (Å²) < 4.78 is 21.7. The van der Waals surface area contributed by atoms with E-state index >= 15 is 0 Å². The quantitative estimate of drug-likeness (QED) is 0.737. The molecule has 0 radical (unpaired) electrons. The maximum Gasteiger partial charge on any atom is 0.336 e. The van der Waals surface area contributed by atoms with Crippen LogP contribution < -0.4 is 19.5 Å². The lowest BCUT2D eigenvalue weighted by molar-refractivity contribution is -0.136. The van der Waals surface area contributed by atoms with Gasteiger partial charge in [0, 0.05) is 29.0 Å². The van der Waals surface area contributed by atoms with E-state index in [0.29, 0.717) is 52.5 Å². The zero-order valence-electron chi connectivity index (χ0n) is 18.6. The van der Waals surface area contributed by atoms with Crippen molar-refractivity contribution in [2.24, 2.45) is 5.41 Å². The van der Waals surface area contributed by atoms with Crippen LogP contribution in [-0.4, -0.2) is 40.2 Å². The molecule has 0 amide bonds. The van der Waals surface area contributed by atoms with Crippen LogP contribution >= 0.6 is 0 Å². The van der Waals surface area contributed by atoms with E-state index in [0.717, 1.165) is 5.70 Å². The van der Waals surface area contributed by atoms with Gasteiger partial charge in [0.25, 0.3) is 0 Å². The second kappa shape index (κ2) is 8.05. The van der Waals surface area contributed by atoms with Gasteiger partial charge in [-0.05, 0) is 24.8 Å². The second-order valence-electron chi connectivity index (χ2n) is 8.34. The number of esters is 1. The SMILES string of the molecule is COC(=O)C1=C(C)NC2=C(C(=O)CC(C)(C)C2)[C@@H]1c1ccc(OC)c(OC)c1OC.